The minimum atomic E-state index is 0.541. The van der Waals surface area contributed by atoms with Gasteiger partial charge in [0, 0.05) is 6.54 Å². The highest BCUT2D eigenvalue weighted by molar-refractivity contribution is 5.38. The van der Waals surface area contributed by atoms with Gasteiger partial charge in [-0.15, -0.1) is 0 Å². The molecule has 0 unspecified atom stereocenters. The largest absolute Gasteiger partial charge is 0.319 e. The van der Waals surface area contributed by atoms with Gasteiger partial charge < -0.3 is 5.32 Å². The maximum atomic E-state index is 3.38. The summed E-state index contributed by atoms with van der Waals surface area (Å²) in [4.78, 5) is 0. The van der Waals surface area contributed by atoms with Crippen LogP contribution in [0.25, 0.3) is 0 Å². The van der Waals surface area contributed by atoms with Crippen LogP contribution in [0, 0.1) is 26.2 Å². The lowest BCUT2D eigenvalue weighted by Crippen LogP contribution is -2.40. The second-order valence-electron chi connectivity index (χ2n) is 5.94. The zero-order valence-electron chi connectivity index (χ0n) is 11.7. The smallest absolute Gasteiger partial charge is 0.000800 e. The van der Waals surface area contributed by atoms with Crippen molar-refractivity contribution in [1.82, 2.24) is 5.32 Å². The van der Waals surface area contributed by atoms with Gasteiger partial charge in [-0.2, -0.15) is 0 Å². The van der Waals surface area contributed by atoms with Crippen LogP contribution in [0.5, 0.6) is 0 Å². The van der Waals surface area contributed by atoms with E-state index in [1.54, 1.807) is 5.56 Å². The fourth-order valence-corrected chi connectivity index (χ4v) is 3.33. The van der Waals surface area contributed by atoms with Gasteiger partial charge >= 0.3 is 0 Å². The number of hydrogen-bond acceptors (Lipinski definition) is 1. The number of nitrogens with one attached hydrogen (secondary N) is 1. The molecular formula is C16H25N. The van der Waals surface area contributed by atoms with Gasteiger partial charge in [-0.05, 0) is 69.2 Å². The minimum absolute atomic E-state index is 0.541. The molecule has 0 radical (unpaired) electrons. The maximum absolute atomic E-state index is 3.38. The van der Waals surface area contributed by atoms with Crippen molar-refractivity contribution in [2.45, 2.75) is 46.5 Å². The highest BCUT2D eigenvalue weighted by Crippen LogP contribution is 2.44. The molecule has 17 heavy (non-hydrogen) atoms. The van der Waals surface area contributed by atoms with Crippen molar-refractivity contribution >= 4 is 0 Å². The Hall–Kier alpha value is -0.820. The fourth-order valence-electron chi connectivity index (χ4n) is 3.33. The van der Waals surface area contributed by atoms with Crippen molar-refractivity contribution in [2.75, 3.05) is 13.6 Å². The van der Waals surface area contributed by atoms with Crippen LogP contribution >= 0.6 is 0 Å². The lowest BCUT2D eigenvalue weighted by atomic mass is 9.64. The molecule has 0 atom stereocenters. The molecule has 0 bridgehead atoms. The van der Waals surface area contributed by atoms with Crippen LogP contribution in [0.15, 0.2) is 12.1 Å². The highest BCUT2D eigenvalue weighted by Gasteiger charge is 2.36. The third-order valence-corrected chi connectivity index (χ3v) is 4.36. The lowest BCUT2D eigenvalue weighted by Gasteiger charge is -2.43. The van der Waals surface area contributed by atoms with E-state index in [4.69, 9.17) is 0 Å². The van der Waals surface area contributed by atoms with Crippen LogP contribution in [0.1, 0.15) is 41.5 Å². The van der Waals surface area contributed by atoms with Crippen LogP contribution in [0.4, 0.5) is 0 Å². The third-order valence-electron chi connectivity index (χ3n) is 4.36. The van der Waals surface area contributed by atoms with E-state index in [1.807, 2.05) is 0 Å². The summed E-state index contributed by atoms with van der Waals surface area (Å²) in [6.07, 6.45) is 5.44. The van der Waals surface area contributed by atoms with Gasteiger partial charge in [0.15, 0.2) is 0 Å². The third kappa shape index (κ3) is 2.55. The molecular weight excluding hydrogens is 206 g/mol. The normalized spacial score (nSPS) is 17.9. The van der Waals surface area contributed by atoms with Crippen molar-refractivity contribution < 1.29 is 0 Å². The molecule has 94 valence electrons. The molecule has 1 N–H and O–H groups in total. The Bertz CT molecular complexity index is 379. The van der Waals surface area contributed by atoms with Crippen LogP contribution < -0.4 is 5.32 Å². The van der Waals surface area contributed by atoms with E-state index in [2.05, 4.69) is 45.3 Å². The molecule has 0 aromatic heterocycles. The van der Waals surface area contributed by atoms with Gasteiger partial charge in [0.25, 0.3) is 0 Å². The summed E-state index contributed by atoms with van der Waals surface area (Å²) in [5.74, 6) is 0. The average molecular weight is 231 g/mol. The molecule has 1 aliphatic carbocycles. The van der Waals surface area contributed by atoms with Gasteiger partial charge in [-0.3, -0.25) is 0 Å². The first-order valence-corrected chi connectivity index (χ1v) is 6.78. The zero-order valence-corrected chi connectivity index (χ0v) is 11.7. The Balaban J connectivity index is 2.23. The minimum Gasteiger partial charge on any atom is -0.319 e. The van der Waals surface area contributed by atoms with Gasteiger partial charge in [-0.1, -0.05) is 24.1 Å². The Kier molecular flexibility index (Phi) is 3.58. The summed E-state index contributed by atoms with van der Waals surface area (Å²) < 4.78 is 0. The molecule has 0 amide bonds. The van der Waals surface area contributed by atoms with E-state index in [0.29, 0.717) is 5.41 Å². The predicted octanol–water partition coefficient (Wildman–Crippen LogP) is 3.54. The van der Waals surface area contributed by atoms with Crippen LogP contribution in [0.2, 0.25) is 0 Å². The van der Waals surface area contributed by atoms with Crippen molar-refractivity contribution in [1.29, 1.82) is 0 Å². The Morgan fingerprint density at radius 2 is 1.71 bits per heavy atom. The molecule has 0 saturated heterocycles. The number of aryl methyl sites for hydroxylation is 3. The summed E-state index contributed by atoms with van der Waals surface area (Å²) in [5, 5.41) is 3.38. The topological polar surface area (TPSA) is 12.0 Å². The lowest BCUT2D eigenvalue weighted by molar-refractivity contribution is 0.133. The molecule has 1 saturated carbocycles. The number of benzene rings is 1. The van der Waals surface area contributed by atoms with E-state index in [-0.39, 0.29) is 0 Å². The van der Waals surface area contributed by atoms with E-state index in [9.17, 15) is 0 Å². The molecule has 1 aromatic rings. The number of rotatable bonds is 4. The molecule has 0 aliphatic heterocycles. The van der Waals surface area contributed by atoms with Crippen molar-refractivity contribution in [3.05, 3.63) is 34.4 Å². The second-order valence-corrected chi connectivity index (χ2v) is 5.94. The number of hydrogen-bond donors (Lipinski definition) is 1. The second kappa shape index (κ2) is 4.81. The van der Waals surface area contributed by atoms with Gasteiger partial charge in [0.2, 0.25) is 0 Å². The van der Waals surface area contributed by atoms with Crippen LogP contribution in [-0.4, -0.2) is 13.6 Å². The van der Waals surface area contributed by atoms with E-state index < -0.39 is 0 Å². The zero-order chi connectivity index (χ0) is 12.5. The SMILES string of the molecule is CNCC1(Cc2c(C)cc(C)cc2C)CCC1. The monoisotopic (exact) mass is 231 g/mol. The molecule has 0 heterocycles. The highest BCUT2D eigenvalue weighted by atomic mass is 14.8. The molecule has 1 heteroatoms. The molecule has 0 spiro atoms. The van der Waals surface area contributed by atoms with Crippen LogP contribution in [-0.2, 0) is 6.42 Å². The fraction of sp³-hybridized carbons (Fsp3) is 0.625. The summed E-state index contributed by atoms with van der Waals surface area (Å²) in [5.41, 5.74) is 6.47. The first kappa shape index (κ1) is 12.6. The van der Waals surface area contributed by atoms with Crippen molar-refractivity contribution in [2.24, 2.45) is 5.41 Å². The quantitative estimate of drug-likeness (QED) is 0.835. The molecule has 1 nitrogen and oxygen atoms in total. The summed E-state index contributed by atoms with van der Waals surface area (Å²) >= 11 is 0. The molecule has 2 rings (SSSR count). The van der Waals surface area contributed by atoms with E-state index in [1.165, 1.54) is 48.9 Å². The summed E-state index contributed by atoms with van der Waals surface area (Å²) in [7, 11) is 2.08. The summed E-state index contributed by atoms with van der Waals surface area (Å²) in [6, 6.07) is 4.65. The predicted molar refractivity (Wildman–Crippen MR) is 74.6 cm³/mol. The van der Waals surface area contributed by atoms with Crippen molar-refractivity contribution in [3.8, 4) is 0 Å². The Morgan fingerprint density at radius 3 is 2.12 bits per heavy atom. The maximum Gasteiger partial charge on any atom is 0.000800 e. The molecule has 1 aromatic carbocycles. The standard InChI is InChI=1S/C16H25N/c1-12-8-13(2)15(14(3)9-12)10-16(11-17-4)6-5-7-16/h8-9,17H,5-7,10-11H2,1-4H3. The van der Waals surface area contributed by atoms with E-state index >= 15 is 0 Å². The van der Waals surface area contributed by atoms with Crippen LogP contribution in [0.3, 0.4) is 0 Å². The first-order chi connectivity index (χ1) is 8.06. The summed E-state index contributed by atoms with van der Waals surface area (Å²) in [6.45, 7) is 7.89. The van der Waals surface area contributed by atoms with Gasteiger partial charge in [0.05, 0.1) is 0 Å². The first-order valence-electron chi connectivity index (χ1n) is 6.78. The van der Waals surface area contributed by atoms with E-state index in [0.717, 1.165) is 0 Å². The average Bonchev–Trinajstić information content (AvgIpc) is 2.19. The van der Waals surface area contributed by atoms with Gasteiger partial charge in [-0.25, -0.2) is 0 Å². The Labute approximate surface area is 106 Å². The van der Waals surface area contributed by atoms with Crippen molar-refractivity contribution in [3.63, 3.8) is 0 Å². The Morgan fingerprint density at radius 1 is 1.12 bits per heavy atom. The van der Waals surface area contributed by atoms with Gasteiger partial charge in [0.1, 0.15) is 0 Å². The molecule has 1 fully saturated rings. The molecule has 1 aliphatic rings.